The number of esters is 1. The fourth-order valence-electron chi connectivity index (χ4n) is 2.04. The van der Waals surface area contributed by atoms with Crippen LogP contribution >= 0.6 is 24.0 Å². The number of carbonyl (C=O) groups excluding carboxylic acids is 2. The summed E-state index contributed by atoms with van der Waals surface area (Å²) >= 11 is 6.37. The largest absolute Gasteiger partial charge is 0.504 e. The Hall–Kier alpha value is -2.06. The first-order valence-electron chi connectivity index (χ1n) is 7.24. The average Bonchev–Trinajstić information content (AvgIpc) is 2.82. The maximum absolute atomic E-state index is 12.4. The molecular weight excluding hydrogens is 350 g/mol. The third-order valence-electron chi connectivity index (χ3n) is 3.22. The summed E-state index contributed by atoms with van der Waals surface area (Å²) in [5.41, 5.74) is 0.713. The Morgan fingerprint density at radius 1 is 1.46 bits per heavy atom. The minimum Gasteiger partial charge on any atom is -0.504 e. The van der Waals surface area contributed by atoms with Crippen molar-refractivity contribution >= 4 is 46.3 Å². The predicted molar refractivity (Wildman–Crippen MR) is 95.8 cm³/mol. The van der Waals surface area contributed by atoms with E-state index in [-0.39, 0.29) is 24.6 Å². The van der Waals surface area contributed by atoms with Crippen LogP contribution in [0, 0.1) is 0 Å². The number of thioether (sulfide) groups is 1. The van der Waals surface area contributed by atoms with Crippen LogP contribution in [0.5, 0.6) is 11.5 Å². The molecule has 1 aliphatic rings. The van der Waals surface area contributed by atoms with Crippen molar-refractivity contribution in [2.45, 2.75) is 13.3 Å². The molecule has 1 aromatic rings. The molecule has 6 nitrogen and oxygen atoms in total. The maximum Gasteiger partial charge on any atom is 0.307 e. The van der Waals surface area contributed by atoms with Gasteiger partial charge in [-0.3, -0.25) is 14.5 Å². The third kappa shape index (κ3) is 4.27. The number of carbonyl (C=O) groups is 2. The van der Waals surface area contributed by atoms with Crippen molar-refractivity contribution in [1.82, 2.24) is 4.90 Å². The average molecular weight is 367 g/mol. The molecule has 1 saturated heterocycles. The Balaban J connectivity index is 2.16. The zero-order valence-electron chi connectivity index (χ0n) is 13.3. The summed E-state index contributed by atoms with van der Waals surface area (Å²) in [6, 6.07) is 4.84. The Labute approximate surface area is 149 Å². The number of methoxy groups -OCH3 is 1. The third-order valence-corrected chi connectivity index (χ3v) is 4.60. The Kier molecular flexibility index (Phi) is 6.22. The SMILES string of the molecule is CCOc1cc(/C=C2\SC(=S)N(CCC(=O)OC)C2=O)ccc1O. The van der Waals surface area contributed by atoms with Crippen molar-refractivity contribution in [1.29, 1.82) is 0 Å². The summed E-state index contributed by atoms with van der Waals surface area (Å²) in [4.78, 5) is 25.5. The molecule has 0 spiro atoms. The zero-order valence-corrected chi connectivity index (χ0v) is 14.9. The van der Waals surface area contributed by atoms with Gasteiger partial charge in [-0.1, -0.05) is 30.0 Å². The molecule has 0 bridgehead atoms. The van der Waals surface area contributed by atoms with Crippen LogP contribution in [0.2, 0.25) is 0 Å². The van der Waals surface area contributed by atoms with Gasteiger partial charge >= 0.3 is 5.97 Å². The van der Waals surface area contributed by atoms with Crippen molar-refractivity contribution in [2.75, 3.05) is 20.3 Å². The molecule has 0 aromatic heterocycles. The quantitative estimate of drug-likeness (QED) is 0.470. The van der Waals surface area contributed by atoms with Crippen LogP contribution in [-0.4, -0.2) is 46.5 Å². The van der Waals surface area contributed by atoms with Gasteiger partial charge in [0.15, 0.2) is 11.5 Å². The molecule has 8 heteroatoms. The fourth-order valence-corrected chi connectivity index (χ4v) is 3.35. The predicted octanol–water partition coefficient (Wildman–Crippen LogP) is 2.56. The summed E-state index contributed by atoms with van der Waals surface area (Å²) in [5, 5.41) is 9.72. The van der Waals surface area contributed by atoms with Crippen molar-refractivity contribution < 1.29 is 24.2 Å². The van der Waals surface area contributed by atoms with E-state index in [0.717, 1.165) is 0 Å². The van der Waals surface area contributed by atoms with Gasteiger partial charge in [0.05, 0.1) is 25.0 Å². The van der Waals surface area contributed by atoms with Crippen LogP contribution in [0.4, 0.5) is 0 Å². The highest BCUT2D eigenvalue weighted by Gasteiger charge is 2.32. The molecule has 0 saturated carbocycles. The molecule has 1 aliphatic heterocycles. The van der Waals surface area contributed by atoms with E-state index in [1.165, 1.54) is 29.8 Å². The summed E-state index contributed by atoms with van der Waals surface area (Å²) in [5.74, 6) is -0.250. The molecule has 1 N–H and O–H groups in total. The molecule has 24 heavy (non-hydrogen) atoms. The highest BCUT2D eigenvalue weighted by Crippen LogP contribution is 2.34. The molecule has 0 unspecified atom stereocenters. The highest BCUT2D eigenvalue weighted by atomic mass is 32.2. The molecule has 0 aliphatic carbocycles. The topological polar surface area (TPSA) is 76.1 Å². The van der Waals surface area contributed by atoms with E-state index in [4.69, 9.17) is 17.0 Å². The lowest BCUT2D eigenvalue weighted by Crippen LogP contribution is -2.30. The second-order valence-electron chi connectivity index (χ2n) is 4.82. The molecule has 2 rings (SSSR count). The van der Waals surface area contributed by atoms with Gasteiger partial charge in [0, 0.05) is 6.54 Å². The van der Waals surface area contributed by atoms with Crippen LogP contribution < -0.4 is 4.74 Å². The highest BCUT2D eigenvalue weighted by molar-refractivity contribution is 8.26. The number of rotatable bonds is 6. The maximum atomic E-state index is 12.4. The number of thiocarbonyl (C=S) groups is 1. The fraction of sp³-hybridized carbons (Fsp3) is 0.312. The van der Waals surface area contributed by atoms with Crippen LogP contribution in [0.15, 0.2) is 23.1 Å². The van der Waals surface area contributed by atoms with Crippen molar-refractivity contribution in [3.63, 3.8) is 0 Å². The van der Waals surface area contributed by atoms with Crippen LogP contribution in [-0.2, 0) is 14.3 Å². The van der Waals surface area contributed by atoms with Gasteiger partial charge < -0.3 is 14.6 Å². The van der Waals surface area contributed by atoms with Gasteiger partial charge in [0.1, 0.15) is 4.32 Å². The zero-order chi connectivity index (χ0) is 17.7. The summed E-state index contributed by atoms with van der Waals surface area (Å²) in [7, 11) is 1.30. The molecule has 1 fully saturated rings. The molecule has 128 valence electrons. The monoisotopic (exact) mass is 367 g/mol. The molecule has 1 amide bonds. The Morgan fingerprint density at radius 2 is 2.21 bits per heavy atom. The number of ether oxygens (including phenoxy) is 2. The summed E-state index contributed by atoms with van der Waals surface area (Å²) in [6.07, 6.45) is 1.77. The number of aromatic hydroxyl groups is 1. The normalized spacial score (nSPS) is 15.9. The number of phenols is 1. The van der Waals surface area contributed by atoms with Crippen molar-refractivity contribution in [3.05, 3.63) is 28.7 Å². The number of phenolic OH excluding ortho intramolecular Hbond substituents is 1. The van der Waals surface area contributed by atoms with Crippen molar-refractivity contribution in [3.8, 4) is 11.5 Å². The van der Waals surface area contributed by atoms with Crippen LogP contribution in [0.1, 0.15) is 18.9 Å². The van der Waals surface area contributed by atoms with E-state index >= 15 is 0 Å². The second-order valence-corrected chi connectivity index (χ2v) is 6.50. The lowest BCUT2D eigenvalue weighted by atomic mass is 10.2. The van der Waals surface area contributed by atoms with Crippen LogP contribution in [0.3, 0.4) is 0 Å². The smallest absolute Gasteiger partial charge is 0.307 e. The van der Waals surface area contributed by atoms with E-state index in [1.54, 1.807) is 18.2 Å². The van der Waals surface area contributed by atoms with Gasteiger partial charge in [-0.05, 0) is 30.7 Å². The minimum absolute atomic E-state index is 0.0413. The Bertz CT molecular complexity index is 702. The Morgan fingerprint density at radius 3 is 2.88 bits per heavy atom. The van der Waals surface area contributed by atoms with Gasteiger partial charge in [0.2, 0.25) is 0 Å². The van der Waals surface area contributed by atoms with E-state index in [0.29, 0.717) is 27.1 Å². The lowest BCUT2D eigenvalue weighted by Gasteiger charge is -2.13. The number of hydrogen-bond donors (Lipinski definition) is 1. The minimum atomic E-state index is -0.395. The van der Waals surface area contributed by atoms with E-state index in [9.17, 15) is 14.7 Å². The first-order valence-corrected chi connectivity index (χ1v) is 8.46. The number of amides is 1. The molecule has 1 aromatic carbocycles. The molecular formula is C16H17NO5S2. The van der Waals surface area contributed by atoms with E-state index < -0.39 is 5.97 Å². The lowest BCUT2D eigenvalue weighted by molar-refractivity contribution is -0.140. The summed E-state index contributed by atoms with van der Waals surface area (Å²) < 4.78 is 10.3. The van der Waals surface area contributed by atoms with Crippen LogP contribution in [0.25, 0.3) is 6.08 Å². The molecule has 1 heterocycles. The number of nitrogens with zero attached hydrogens (tertiary/aromatic N) is 1. The first-order chi connectivity index (χ1) is 11.5. The second kappa shape index (κ2) is 8.16. The first kappa shape index (κ1) is 18.3. The summed E-state index contributed by atoms with van der Waals surface area (Å²) in [6.45, 7) is 2.43. The molecule has 0 radical (unpaired) electrons. The van der Waals surface area contributed by atoms with Gasteiger partial charge in [-0.2, -0.15) is 0 Å². The van der Waals surface area contributed by atoms with Gasteiger partial charge in [-0.25, -0.2) is 0 Å². The van der Waals surface area contributed by atoms with Gasteiger partial charge in [-0.15, -0.1) is 0 Å². The number of benzene rings is 1. The van der Waals surface area contributed by atoms with Gasteiger partial charge in [0.25, 0.3) is 5.91 Å². The molecule has 0 atom stereocenters. The van der Waals surface area contributed by atoms with E-state index in [1.807, 2.05) is 6.92 Å². The van der Waals surface area contributed by atoms with E-state index in [2.05, 4.69) is 4.74 Å². The van der Waals surface area contributed by atoms with Crippen molar-refractivity contribution in [2.24, 2.45) is 0 Å². The number of hydrogen-bond acceptors (Lipinski definition) is 7. The standard InChI is InChI=1S/C16H17NO5S2/c1-3-22-12-8-10(4-5-11(12)18)9-13-15(20)17(16(23)24-13)7-6-14(19)21-2/h4-5,8-9,18H,3,6-7H2,1-2H3/b13-9-.